The maximum Gasteiger partial charge on any atom is 0.220 e. The van der Waals surface area contributed by atoms with Crippen LogP contribution in [0.4, 0.5) is 0 Å². The first kappa shape index (κ1) is 11.9. The lowest BCUT2D eigenvalue weighted by Gasteiger charge is -2.23. The predicted octanol–water partition coefficient (Wildman–Crippen LogP) is 0.671. The Hall–Kier alpha value is -0.610. The second-order valence-corrected chi connectivity index (χ2v) is 5.24. The monoisotopic (exact) mass is 226 g/mol. The molecule has 0 spiro atoms. The number of ether oxygens (including phenoxy) is 1. The fourth-order valence-corrected chi connectivity index (χ4v) is 2.48. The molecule has 2 aliphatic rings. The zero-order chi connectivity index (χ0) is 11.4. The smallest absolute Gasteiger partial charge is 0.220 e. The van der Waals surface area contributed by atoms with E-state index in [-0.39, 0.29) is 11.5 Å². The quantitative estimate of drug-likeness (QED) is 0.741. The van der Waals surface area contributed by atoms with Crippen molar-refractivity contribution in [2.45, 2.75) is 38.2 Å². The van der Waals surface area contributed by atoms with Gasteiger partial charge in [-0.25, -0.2) is 0 Å². The van der Waals surface area contributed by atoms with Crippen molar-refractivity contribution in [2.75, 3.05) is 26.2 Å². The lowest BCUT2D eigenvalue weighted by molar-refractivity contribution is -0.123. The van der Waals surface area contributed by atoms with Crippen LogP contribution in [0.15, 0.2) is 0 Å². The molecule has 2 saturated heterocycles. The van der Waals surface area contributed by atoms with E-state index < -0.39 is 0 Å². The molecule has 0 saturated carbocycles. The number of rotatable bonds is 4. The van der Waals surface area contributed by atoms with Gasteiger partial charge in [-0.05, 0) is 45.2 Å². The van der Waals surface area contributed by atoms with Crippen LogP contribution in [0.25, 0.3) is 0 Å². The van der Waals surface area contributed by atoms with Crippen LogP contribution < -0.4 is 10.6 Å². The van der Waals surface area contributed by atoms with Crippen molar-refractivity contribution >= 4 is 5.91 Å². The van der Waals surface area contributed by atoms with E-state index in [1.165, 1.54) is 0 Å². The lowest BCUT2D eigenvalue weighted by Crippen LogP contribution is -2.40. The summed E-state index contributed by atoms with van der Waals surface area (Å²) in [5, 5.41) is 6.28. The van der Waals surface area contributed by atoms with Gasteiger partial charge in [0.1, 0.15) is 0 Å². The van der Waals surface area contributed by atoms with Crippen LogP contribution in [0.5, 0.6) is 0 Å². The molecule has 16 heavy (non-hydrogen) atoms. The second-order valence-electron chi connectivity index (χ2n) is 5.24. The highest BCUT2D eigenvalue weighted by atomic mass is 16.5. The molecule has 92 valence electrons. The maximum absolute atomic E-state index is 11.7. The molecule has 1 amide bonds. The summed E-state index contributed by atoms with van der Waals surface area (Å²) in [4.78, 5) is 11.7. The Morgan fingerprint density at radius 2 is 2.50 bits per heavy atom. The highest BCUT2D eigenvalue weighted by Gasteiger charge is 2.30. The minimum atomic E-state index is -0.121. The van der Waals surface area contributed by atoms with E-state index in [4.69, 9.17) is 4.74 Å². The third-order valence-electron chi connectivity index (χ3n) is 3.60. The van der Waals surface area contributed by atoms with Crippen LogP contribution in [-0.4, -0.2) is 37.7 Å². The van der Waals surface area contributed by atoms with E-state index in [0.29, 0.717) is 18.9 Å². The topological polar surface area (TPSA) is 50.4 Å². The van der Waals surface area contributed by atoms with E-state index in [9.17, 15) is 4.79 Å². The number of nitrogens with one attached hydrogen (secondary N) is 2. The van der Waals surface area contributed by atoms with E-state index in [2.05, 4.69) is 17.6 Å². The maximum atomic E-state index is 11.7. The Kier molecular flexibility index (Phi) is 3.82. The summed E-state index contributed by atoms with van der Waals surface area (Å²) in [5.41, 5.74) is -0.121. The first-order valence-corrected chi connectivity index (χ1v) is 6.29. The summed E-state index contributed by atoms with van der Waals surface area (Å²) in [6.07, 6.45) is 3.95. The first-order chi connectivity index (χ1) is 7.68. The van der Waals surface area contributed by atoms with Crippen LogP contribution in [-0.2, 0) is 9.53 Å². The minimum Gasteiger partial charge on any atom is -0.373 e. The fraction of sp³-hybridized carbons (Fsp3) is 0.917. The van der Waals surface area contributed by atoms with Crippen molar-refractivity contribution in [3.05, 3.63) is 0 Å². The van der Waals surface area contributed by atoms with Crippen molar-refractivity contribution < 1.29 is 9.53 Å². The Morgan fingerprint density at radius 1 is 1.62 bits per heavy atom. The molecule has 2 rings (SSSR count). The van der Waals surface area contributed by atoms with E-state index in [0.717, 1.165) is 39.0 Å². The van der Waals surface area contributed by atoms with Gasteiger partial charge in [-0.15, -0.1) is 0 Å². The Morgan fingerprint density at radius 3 is 3.12 bits per heavy atom. The van der Waals surface area contributed by atoms with E-state index in [1.807, 2.05) is 0 Å². The standard InChI is InChI=1S/C12H22N2O2/c1-12(4-2-6-16-12)9-14-11(15)7-10-3-5-13-8-10/h10,13H,2-9H2,1H3,(H,14,15). The molecule has 0 aromatic heterocycles. The van der Waals surface area contributed by atoms with Crippen molar-refractivity contribution in [2.24, 2.45) is 5.92 Å². The van der Waals surface area contributed by atoms with Crippen molar-refractivity contribution in [1.29, 1.82) is 0 Å². The third-order valence-corrected chi connectivity index (χ3v) is 3.60. The number of carbonyl (C=O) groups excluding carboxylic acids is 1. The molecule has 0 radical (unpaired) electrons. The van der Waals surface area contributed by atoms with Crippen LogP contribution in [0.3, 0.4) is 0 Å². The van der Waals surface area contributed by atoms with E-state index >= 15 is 0 Å². The molecule has 0 aromatic carbocycles. The normalized spacial score (nSPS) is 34.2. The van der Waals surface area contributed by atoms with Gasteiger partial charge in [-0.2, -0.15) is 0 Å². The first-order valence-electron chi connectivity index (χ1n) is 6.29. The third kappa shape index (κ3) is 3.19. The average Bonchev–Trinajstić information content (AvgIpc) is 2.88. The molecule has 2 unspecified atom stereocenters. The Labute approximate surface area is 97.1 Å². The van der Waals surface area contributed by atoms with Gasteiger partial charge in [0.25, 0.3) is 0 Å². The SMILES string of the molecule is CC1(CNC(=O)CC2CCNC2)CCCO1. The van der Waals surface area contributed by atoms with Gasteiger partial charge >= 0.3 is 0 Å². The summed E-state index contributed by atoms with van der Waals surface area (Å²) in [7, 11) is 0. The number of amides is 1. The van der Waals surface area contributed by atoms with Crippen molar-refractivity contribution in [3.63, 3.8) is 0 Å². The zero-order valence-corrected chi connectivity index (χ0v) is 10.1. The summed E-state index contributed by atoms with van der Waals surface area (Å²) in [5.74, 6) is 0.697. The summed E-state index contributed by atoms with van der Waals surface area (Å²) in [6.45, 7) is 5.61. The molecule has 4 nitrogen and oxygen atoms in total. The fourth-order valence-electron chi connectivity index (χ4n) is 2.48. The molecule has 0 bridgehead atoms. The predicted molar refractivity (Wildman–Crippen MR) is 62.2 cm³/mol. The molecular weight excluding hydrogens is 204 g/mol. The van der Waals surface area contributed by atoms with E-state index in [1.54, 1.807) is 0 Å². The van der Waals surface area contributed by atoms with Gasteiger partial charge < -0.3 is 15.4 Å². The lowest BCUT2D eigenvalue weighted by atomic mass is 10.0. The number of carbonyl (C=O) groups is 1. The van der Waals surface area contributed by atoms with Gasteiger partial charge in [0.2, 0.25) is 5.91 Å². The highest BCUT2D eigenvalue weighted by Crippen LogP contribution is 2.24. The van der Waals surface area contributed by atoms with Crippen molar-refractivity contribution in [1.82, 2.24) is 10.6 Å². The van der Waals surface area contributed by atoms with Crippen LogP contribution in [0.1, 0.15) is 32.6 Å². The Balaban J connectivity index is 1.66. The molecular formula is C12H22N2O2. The van der Waals surface area contributed by atoms with Crippen LogP contribution >= 0.6 is 0 Å². The highest BCUT2D eigenvalue weighted by molar-refractivity contribution is 5.76. The molecule has 2 atom stereocenters. The number of hydrogen-bond acceptors (Lipinski definition) is 3. The largest absolute Gasteiger partial charge is 0.373 e. The van der Waals surface area contributed by atoms with Crippen LogP contribution in [0, 0.1) is 5.92 Å². The van der Waals surface area contributed by atoms with Gasteiger partial charge in [0.05, 0.1) is 5.60 Å². The second kappa shape index (κ2) is 5.15. The summed E-state index contributed by atoms with van der Waals surface area (Å²) < 4.78 is 5.63. The van der Waals surface area contributed by atoms with Crippen LogP contribution in [0.2, 0.25) is 0 Å². The molecule has 0 aliphatic carbocycles. The van der Waals surface area contributed by atoms with Crippen molar-refractivity contribution in [3.8, 4) is 0 Å². The Bertz CT molecular complexity index is 243. The summed E-state index contributed by atoms with van der Waals surface area (Å²) in [6, 6.07) is 0. The molecule has 2 aliphatic heterocycles. The molecule has 0 aromatic rings. The minimum absolute atomic E-state index is 0.121. The van der Waals surface area contributed by atoms with Gasteiger partial charge in [-0.3, -0.25) is 4.79 Å². The zero-order valence-electron chi connectivity index (χ0n) is 10.1. The molecule has 4 heteroatoms. The molecule has 2 N–H and O–H groups in total. The van der Waals surface area contributed by atoms with Gasteiger partial charge in [0.15, 0.2) is 0 Å². The molecule has 2 fully saturated rings. The van der Waals surface area contributed by atoms with Gasteiger partial charge in [-0.1, -0.05) is 0 Å². The number of hydrogen-bond donors (Lipinski definition) is 2. The average molecular weight is 226 g/mol. The summed E-state index contributed by atoms with van der Waals surface area (Å²) >= 11 is 0. The molecule has 2 heterocycles. The van der Waals surface area contributed by atoms with Gasteiger partial charge in [0, 0.05) is 19.6 Å².